The zero-order valence-electron chi connectivity index (χ0n) is 16.7. The van der Waals surface area contributed by atoms with Crippen LogP contribution in [0.3, 0.4) is 0 Å². The molecule has 1 heterocycles. The molecule has 158 valence electrons. The van der Waals surface area contributed by atoms with Gasteiger partial charge in [-0.1, -0.05) is 45.0 Å². The van der Waals surface area contributed by atoms with Gasteiger partial charge in [0.1, 0.15) is 5.82 Å². The van der Waals surface area contributed by atoms with E-state index in [1.54, 1.807) is 36.4 Å². The Morgan fingerprint density at radius 1 is 1.00 bits per heavy atom. The van der Waals surface area contributed by atoms with Crippen molar-refractivity contribution in [2.45, 2.75) is 48.9 Å². The van der Waals surface area contributed by atoms with Crippen molar-refractivity contribution in [2.24, 2.45) is 0 Å². The smallest absolute Gasteiger partial charge is 0.183 e. The highest BCUT2D eigenvalue weighted by molar-refractivity contribution is 7.96. The molecule has 2 atom stereocenters. The third kappa shape index (κ3) is 5.05. The van der Waals surface area contributed by atoms with Crippen molar-refractivity contribution in [3.8, 4) is 0 Å². The largest absolute Gasteiger partial charge is 0.308 e. The van der Waals surface area contributed by atoms with Crippen LogP contribution in [-0.2, 0) is 31.6 Å². The van der Waals surface area contributed by atoms with E-state index in [2.05, 4.69) is 5.32 Å². The first-order chi connectivity index (χ1) is 13.4. The Labute approximate surface area is 172 Å². The molecule has 8 heteroatoms. The summed E-state index contributed by atoms with van der Waals surface area (Å²) in [6.07, 6.45) is 0. The van der Waals surface area contributed by atoms with Gasteiger partial charge in [0.05, 0.1) is 21.7 Å². The topological polar surface area (TPSA) is 80.3 Å². The summed E-state index contributed by atoms with van der Waals surface area (Å²) in [4.78, 5) is 0.126. The maximum Gasteiger partial charge on any atom is 0.183 e. The molecule has 1 aliphatic rings. The predicted octanol–water partition coefficient (Wildman–Crippen LogP) is 2.85. The molecule has 2 aromatic rings. The monoisotopic (exact) mass is 439 g/mol. The van der Waals surface area contributed by atoms with Crippen LogP contribution < -0.4 is 5.32 Å². The number of rotatable bonds is 5. The standard InChI is InChI=1S/C21H26FNO4S2/c1-21(2,3)16-6-10-18(11-7-16)29(26,27)20-14-28(24,25)13-19(20)23-12-15-4-8-17(22)9-5-15/h4-11,19-20,23H,12-14H2,1-3H3/t19-,20-/m0/s1. The van der Waals surface area contributed by atoms with Gasteiger partial charge in [-0.25, -0.2) is 21.2 Å². The number of hydrogen-bond acceptors (Lipinski definition) is 5. The highest BCUT2D eigenvalue weighted by Gasteiger charge is 2.45. The van der Waals surface area contributed by atoms with E-state index in [4.69, 9.17) is 0 Å². The summed E-state index contributed by atoms with van der Waals surface area (Å²) in [7, 11) is -7.31. The van der Waals surface area contributed by atoms with Gasteiger partial charge in [-0.2, -0.15) is 0 Å². The number of hydrogen-bond donors (Lipinski definition) is 1. The van der Waals surface area contributed by atoms with E-state index in [1.165, 1.54) is 12.1 Å². The minimum Gasteiger partial charge on any atom is -0.308 e. The molecule has 0 amide bonds. The lowest BCUT2D eigenvalue weighted by atomic mass is 9.87. The van der Waals surface area contributed by atoms with Crippen molar-refractivity contribution in [3.63, 3.8) is 0 Å². The van der Waals surface area contributed by atoms with E-state index in [0.717, 1.165) is 11.1 Å². The van der Waals surface area contributed by atoms with Crippen LogP contribution in [0.4, 0.5) is 4.39 Å². The van der Waals surface area contributed by atoms with E-state index in [-0.39, 0.29) is 28.4 Å². The second kappa shape index (κ2) is 7.81. The van der Waals surface area contributed by atoms with Gasteiger partial charge in [-0.15, -0.1) is 0 Å². The van der Waals surface area contributed by atoms with Crippen LogP contribution >= 0.6 is 0 Å². The first-order valence-corrected chi connectivity index (χ1v) is 12.8. The van der Waals surface area contributed by atoms with Gasteiger partial charge < -0.3 is 5.32 Å². The molecule has 3 rings (SSSR count). The van der Waals surface area contributed by atoms with Crippen molar-refractivity contribution in [1.82, 2.24) is 5.32 Å². The van der Waals surface area contributed by atoms with Gasteiger partial charge in [0.15, 0.2) is 19.7 Å². The van der Waals surface area contributed by atoms with Crippen molar-refractivity contribution in [3.05, 3.63) is 65.5 Å². The Morgan fingerprint density at radius 3 is 2.14 bits per heavy atom. The molecule has 29 heavy (non-hydrogen) atoms. The lowest BCUT2D eigenvalue weighted by Gasteiger charge is -2.22. The van der Waals surface area contributed by atoms with Crippen LogP contribution in [-0.4, -0.2) is 39.6 Å². The first kappa shape index (κ1) is 21.9. The summed E-state index contributed by atoms with van der Waals surface area (Å²) in [5, 5.41) is 1.99. The fourth-order valence-electron chi connectivity index (χ4n) is 3.48. The summed E-state index contributed by atoms with van der Waals surface area (Å²) >= 11 is 0. The molecular formula is C21H26FNO4S2. The highest BCUT2D eigenvalue weighted by atomic mass is 32.2. The summed E-state index contributed by atoms with van der Waals surface area (Å²) < 4.78 is 63.9. The molecule has 0 bridgehead atoms. The highest BCUT2D eigenvalue weighted by Crippen LogP contribution is 2.29. The van der Waals surface area contributed by atoms with Gasteiger partial charge in [0.2, 0.25) is 0 Å². The molecule has 1 aliphatic heterocycles. The van der Waals surface area contributed by atoms with Crippen LogP contribution in [0.25, 0.3) is 0 Å². The Hall–Kier alpha value is -1.77. The van der Waals surface area contributed by atoms with Gasteiger partial charge in [-0.05, 0) is 40.8 Å². The minimum absolute atomic E-state index is 0.113. The number of benzene rings is 2. The van der Waals surface area contributed by atoms with Crippen molar-refractivity contribution in [2.75, 3.05) is 11.5 Å². The molecule has 0 saturated carbocycles. The molecule has 2 aromatic carbocycles. The lowest BCUT2D eigenvalue weighted by molar-refractivity contribution is 0.525. The summed E-state index contributed by atoms with van der Waals surface area (Å²) in [6, 6.07) is 11.7. The lowest BCUT2D eigenvalue weighted by Crippen LogP contribution is -2.43. The molecule has 1 saturated heterocycles. The molecule has 0 unspecified atom stereocenters. The van der Waals surface area contributed by atoms with Gasteiger partial charge in [-0.3, -0.25) is 0 Å². The van der Waals surface area contributed by atoms with E-state index in [1.807, 2.05) is 20.8 Å². The Bertz CT molecular complexity index is 1070. The Balaban J connectivity index is 1.84. The zero-order chi connectivity index (χ0) is 21.4. The number of nitrogens with one attached hydrogen (secondary N) is 1. The van der Waals surface area contributed by atoms with Crippen molar-refractivity contribution in [1.29, 1.82) is 0 Å². The molecule has 5 nitrogen and oxygen atoms in total. The molecule has 0 spiro atoms. The summed E-state index contributed by atoms with van der Waals surface area (Å²) in [6.45, 7) is 6.37. The maximum absolute atomic E-state index is 13.2. The molecule has 0 aliphatic carbocycles. The average Bonchev–Trinajstić information content (AvgIpc) is 2.96. The zero-order valence-corrected chi connectivity index (χ0v) is 18.4. The fraction of sp³-hybridized carbons (Fsp3) is 0.429. The molecular weight excluding hydrogens is 413 g/mol. The number of halogens is 1. The van der Waals surface area contributed by atoms with E-state index in [0.29, 0.717) is 0 Å². The fourth-order valence-corrected chi connectivity index (χ4v) is 8.20. The minimum atomic E-state index is -3.83. The second-order valence-electron chi connectivity index (χ2n) is 8.55. The Kier molecular flexibility index (Phi) is 5.91. The summed E-state index contributed by atoms with van der Waals surface area (Å²) in [5.74, 6) is -1.01. The number of sulfone groups is 2. The quantitative estimate of drug-likeness (QED) is 0.775. The van der Waals surface area contributed by atoms with E-state index >= 15 is 0 Å². The normalized spacial score (nSPS) is 21.9. The molecule has 1 N–H and O–H groups in total. The van der Waals surface area contributed by atoms with E-state index in [9.17, 15) is 21.2 Å². The van der Waals surface area contributed by atoms with Crippen molar-refractivity contribution >= 4 is 19.7 Å². The third-order valence-electron chi connectivity index (χ3n) is 5.23. The van der Waals surface area contributed by atoms with Crippen LogP contribution in [0.5, 0.6) is 0 Å². The first-order valence-electron chi connectivity index (χ1n) is 9.41. The van der Waals surface area contributed by atoms with Crippen LogP contribution in [0.15, 0.2) is 53.4 Å². The predicted molar refractivity (Wildman–Crippen MR) is 112 cm³/mol. The second-order valence-corrected chi connectivity index (χ2v) is 12.9. The van der Waals surface area contributed by atoms with Crippen molar-refractivity contribution < 1.29 is 21.2 Å². The van der Waals surface area contributed by atoms with Gasteiger partial charge >= 0.3 is 0 Å². The third-order valence-corrected chi connectivity index (χ3v) is 9.40. The van der Waals surface area contributed by atoms with Gasteiger partial charge in [0, 0.05) is 12.6 Å². The van der Waals surface area contributed by atoms with Crippen LogP contribution in [0.1, 0.15) is 31.9 Å². The molecule has 0 aromatic heterocycles. The SMILES string of the molecule is CC(C)(C)c1ccc(S(=O)(=O)[C@H]2CS(=O)(=O)C[C@@H]2NCc2ccc(F)cc2)cc1. The van der Waals surface area contributed by atoms with Crippen LogP contribution in [0.2, 0.25) is 0 Å². The van der Waals surface area contributed by atoms with Gasteiger partial charge in [0.25, 0.3) is 0 Å². The Morgan fingerprint density at radius 2 is 1.59 bits per heavy atom. The van der Waals surface area contributed by atoms with E-state index < -0.39 is 36.7 Å². The van der Waals surface area contributed by atoms with Crippen LogP contribution in [0, 0.1) is 5.82 Å². The molecule has 1 fully saturated rings. The maximum atomic E-state index is 13.2. The average molecular weight is 440 g/mol. The molecule has 0 radical (unpaired) electrons. The summed E-state index contributed by atoms with van der Waals surface area (Å²) in [5.41, 5.74) is 1.64.